The third-order valence-corrected chi connectivity index (χ3v) is 3.03. The van der Waals surface area contributed by atoms with Gasteiger partial charge in [0.2, 0.25) is 0 Å². The average molecular weight is 336 g/mol. The van der Waals surface area contributed by atoms with Gasteiger partial charge in [0.15, 0.2) is 5.78 Å². The number of carbonyl (C=O) groups is 2. The first-order chi connectivity index (χ1) is 10.9. The van der Waals surface area contributed by atoms with Crippen LogP contribution >= 0.6 is 11.6 Å². The molecular formula is C16H14ClNO5. The van der Waals surface area contributed by atoms with Crippen molar-refractivity contribution in [2.24, 2.45) is 0 Å². The number of hydrogen-bond acceptors (Lipinski definition) is 5. The molecule has 120 valence electrons. The SMILES string of the molecule is COC(C)=O.O=C(c1ccccc1)c1ccc([N+](=O)[O-])c(Cl)c1. The van der Waals surface area contributed by atoms with Gasteiger partial charge in [0.1, 0.15) is 5.02 Å². The minimum atomic E-state index is -0.584. The van der Waals surface area contributed by atoms with E-state index in [0.29, 0.717) is 11.1 Å². The predicted molar refractivity (Wildman–Crippen MR) is 85.7 cm³/mol. The smallest absolute Gasteiger partial charge is 0.302 e. The molecule has 0 aliphatic heterocycles. The van der Waals surface area contributed by atoms with Crippen molar-refractivity contribution in [3.05, 3.63) is 74.8 Å². The standard InChI is InChI=1S/C13H8ClNO3.C3H6O2/c14-11-8-10(6-7-12(11)15(17)18)13(16)9-4-2-1-3-5-9;1-3(4)5-2/h1-8H;1-2H3. The molecule has 0 radical (unpaired) electrons. The van der Waals surface area contributed by atoms with Crippen LogP contribution in [-0.2, 0) is 9.53 Å². The van der Waals surface area contributed by atoms with E-state index in [1.165, 1.54) is 32.2 Å². The van der Waals surface area contributed by atoms with Crippen LogP contribution in [0.5, 0.6) is 0 Å². The first kappa shape index (κ1) is 18.3. The fourth-order valence-electron chi connectivity index (χ4n) is 1.55. The molecule has 0 aromatic heterocycles. The number of nitrogens with zero attached hydrogens (tertiary/aromatic N) is 1. The summed E-state index contributed by atoms with van der Waals surface area (Å²) in [6, 6.07) is 12.6. The van der Waals surface area contributed by atoms with Crippen LogP contribution in [0.1, 0.15) is 22.8 Å². The molecule has 0 saturated heterocycles. The molecule has 0 saturated carbocycles. The largest absolute Gasteiger partial charge is 0.469 e. The Morgan fingerprint density at radius 2 is 1.65 bits per heavy atom. The van der Waals surface area contributed by atoms with Crippen molar-refractivity contribution in [2.45, 2.75) is 6.92 Å². The van der Waals surface area contributed by atoms with Crippen LogP contribution in [0.3, 0.4) is 0 Å². The Labute approximate surface area is 137 Å². The molecule has 0 aliphatic rings. The zero-order chi connectivity index (χ0) is 17.4. The molecule has 2 rings (SSSR count). The number of nitro benzene ring substituents is 1. The van der Waals surface area contributed by atoms with Gasteiger partial charge in [0.25, 0.3) is 5.69 Å². The number of ketones is 1. The molecule has 2 aromatic rings. The lowest BCUT2D eigenvalue weighted by Gasteiger charge is -2.02. The van der Waals surface area contributed by atoms with Gasteiger partial charge >= 0.3 is 5.97 Å². The number of halogens is 1. The summed E-state index contributed by atoms with van der Waals surface area (Å²) >= 11 is 5.76. The fraction of sp³-hybridized carbons (Fsp3) is 0.125. The van der Waals surface area contributed by atoms with Crippen LogP contribution in [0.4, 0.5) is 5.69 Å². The zero-order valence-corrected chi connectivity index (χ0v) is 13.2. The Bertz CT molecular complexity index is 716. The minimum absolute atomic E-state index is 0.0400. The topological polar surface area (TPSA) is 86.5 Å². The first-order valence-corrected chi connectivity index (χ1v) is 6.83. The lowest BCUT2D eigenvalue weighted by Crippen LogP contribution is -2.01. The summed E-state index contributed by atoms with van der Waals surface area (Å²) in [6.45, 7) is 1.36. The van der Waals surface area contributed by atoms with Gasteiger partial charge in [-0.15, -0.1) is 0 Å². The van der Waals surface area contributed by atoms with Crippen molar-refractivity contribution in [3.8, 4) is 0 Å². The highest BCUT2D eigenvalue weighted by Gasteiger charge is 2.15. The summed E-state index contributed by atoms with van der Waals surface area (Å²) in [5.41, 5.74) is 0.639. The van der Waals surface area contributed by atoms with Crippen molar-refractivity contribution in [1.82, 2.24) is 0 Å². The number of rotatable bonds is 3. The van der Waals surface area contributed by atoms with E-state index in [2.05, 4.69) is 4.74 Å². The Morgan fingerprint density at radius 1 is 1.09 bits per heavy atom. The summed E-state index contributed by atoms with van der Waals surface area (Å²) in [6.07, 6.45) is 0. The molecular weight excluding hydrogens is 322 g/mol. The summed E-state index contributed by atoms with van der Waals surface area (Å²) in [7, 11) is 1.35. The monoisotopic (exact) mass is 335 g/mol. The molecule has 2 aromatic carbocycles. The number of benzene rings is 2. The second-order valence-corrected chi connectivity index (χ2v) is 4.72. The summed E-state index contributed by atoms with van der Waals surface area (Å²) in [5, 5.41) is 10.6. The normalized spacial score (nSPS) is 9.35. The van der Waals surface area contributed by atoms with E-state index in [1.54, 1.807) is 30.3 Å². The summed E-state index contributed by atoms with van der Waals surface area (Å²) < 4.78 is 4.11. The van der Waals surface area contributed by atoms with Crippen LogP contribution in [0, 0.1) is 10.1 Å². The van der Waals surface area contributed by atoms with E-state index < -0.39 is 4.92 Å². The third kappa shape index (κ3) is 5.52. The van der Waals surface area contributed by atoms with Crippen molar-refractivity contribution >= 4 is 29.0 Å². The van der Waals surface area contributed by atoms with E-state index in [-0.39, 0.29) is 22.5 Å². The molecule has 0 amide bonds. The molecule has 0 atom stereocenters. The highest BCUT2D eigenvalue weighted by Crippen LogP contribution is 2.25. The number of hydrogen-bond donors (Lipinski definition) is 0. The van der Waals surface area contributed by atoms with E-state index in [4.69, 9.17) is 11.6 Å². The number of methoxy groups -OCH3 is 1. The number of nitro groups is 1. The first-order valence-electron chi connectivity index (χ1n) is 6.45. The van der Waals surface area contributed by atoms with Crippen molar-refractivity contribution in [2.75, 3.05) is 7.11 Å². The highest BCUT2D eigenvalue weighted by molar-refractivity contribution is 6.33. The molecule has 0 heterocycles. The van der Waals surface area contributed by atoms with Crippen molar-refractivity contribution in [1.29, 1.82) is 0 Å². The van der Waals surface area contributed by atoms with E-state index in [1.807, 2.05) is 0 Å². The maximum atomic E-state index is 12.1. The van der Waals surface area contributed by atoms with Gasteiger partial charge in [-0.2, -0.15) is 0 Å². The lowest BCUT2D eigenvalue weighted by molar-refractivity contribution is -0.384. The molecule has 6 nitrogen and oxygen atoms in total. The minimum Gasteiger partial charge on any atom is -0.469 e. The molecule has 0 aliphatic carbocycles. The number of carbonyl (C=O) groups excluding carboxylic acids is 2. The summed E-state index contributed by atoms with van der Waals surface area (Å²) in [5.74, 6) is -0.461. The Kier molecular flexibility index (Phi) is 6.89. The molecule has 0 spiro atoms. The van der Waals surface area contributed by atoms with Gasteiger partial charge in [-0.25, -0.2) is 0 Å². The van der Waals surface area contributed by atoms with Gasteiger partial charge < -0.3 is 4.74 Å². The molecule has 0 unspecified atom stereocenters. The number of ether oxygens (including phenoxy) is 1. The van der Waals surface area contributed by atoms with Crippen molar-refractivity contribution < 1.29 is 19.2 Å². The van der Waals surface area contributed by atoms with Gasteiger partial charge in [-0.3, -0.25) is 19.7 Å². The van der Waals surface area contributed by atoms with Crippen LogP contribution in [-0.4, -0.2) is 23.8 Å². The highest BCUT2D eigenvalue weighted by atomic mass is 35.5. The zero-order valence-electron chi connectivity index (χ0n) is 12.5. The van der Waals surface area contributed by atoms with Crippen LogP contribution in [0.25, 0.3) is 0 Å². The second-order valence-electron chi connectivity index (χ2n) is 4.31. The maximum absolute atomic E-state index is 12.1. The Morgan fingerprint density at radius 3 is 2.09 bits per heavy atom. The predicted octanol–water partition coefficient (Wildman–Crippen LogP) is 3.66. The van der Waals surface area contributed by atoms with Crippen LogP contribution < -0.4 is 0 Å². The van der Waals surface area contributed by atoms with Crippen molar-refractivity contribution in [3.63, 3.8) is 0 Å². The Hall–Kier alpha value is -2.73. The van der Waals surface area contributed by atoms with E-state index >= 15 is 0 Å². The maximum Gasteiger partial charge on any atom is 0.302 e. The van der Waals surface area contributed by atoms with Gasteiger partial charge in [-0.1, -0.05) is 41.9 Å². The van der Waals surface area contributed by atoms with E-state index in [9.17, 15) is 19.7 Å². The third-order valence-electron chi connectivity index (χ3n) is 2.73. The molecule has 0 N–H and O–H groups in total. The molecule has 7 heteroatoms. The quantitative estimate of drug-likeness (QED) is 0.370. The van der Waals surface area contributed by atoms with Gasteiger partial charge in [0.05, 0.1) is 12.0 Å². The fourth-order valence-corrected chi connectivity index (χ4v) is 1.80. The molecule has 0 bridgehead atoms. The van der Waals surface area contributed by atoms with Gasteiger partial charge in [-0.05, 0) is 12.1 Å². The molecule has 23 heavy (non-hydrogen) atoms. The second kappa shape index (κ2) is 8.65. The van der Waals surface area contributed by atoms with Crippen LogP contribution in [0.2, 0.25) is 5.02 Å². The number of esters is 1. The van der Waals surface area contributed by atoms with Crippen LogP contribution in [0.15, 0.2) is 48.5 Å². The van der Waals surface area contributed by atoms with Gasteiger partial charge in [0, 0.05) is 24.1 Å². The Balaban J connectivity index is 0.000000463. The summed E-state index contributed by atoms with van der Waals surface area (Å²) in [4.78, 5) is 31.7. The molecule has 0 fully saturated rings. The average Bonchev–Trinajstić information content (AvgIpc) is 2.55. The lowest BCUT2D eigenvalue weighted by atomic mass is 10.0. The van der Waals surface area contributed by atoms with E-state index in [0.717, 1.165) is 0 Å².